The predicted molar refractivity (Wildman–Crippen MR) is 139 cm³/mol. The van der Waals surface area contributed by atoms with Gasteiger partial charge in [0, 0.05) is 35.4 Å². The second-order valence-electron chi connectivity index (χ2n) is 9.46. The molecule has 2 aliphatic rings. The summed E-state index contributed by atoms with van der Waals surface area (Å²) in [4.78, 5) is 7.08. The van der Waals surface area contributed by atoms with Crippen LogP contribution in [0.1, 0.15) is 43.4 Å². The van der Waals surface area contributed by atoms with Crippen molar-refractivity contribution in [3.63, 3.8) is 0 Å². The zero-order valence-electron chi connectivity index (χ0n) is 19.6. The Morgan fingerprint density at radius 2 is 1.62 bits per heavy atom. The largest absolute Gasteiger partial charge is 0.492 e. The van der Waals surface area contributed by atoms with Crippen LogP contribution in [0.2, 0.25) is 5.02 Å². The van der Waals surface area contributed by atoms with Gasteiger partial charge in [0.25, 0.3) is 0 Å². The molecular weight excluding hydrogens is 440 g/mol. The maximum absolute atomic E-state index is 6.01. The first-order valence-corrected chi connectivity index (χ1v) is 12.8. The number of piperidine rings is 1. The van der Waals surface area contributed by atoms with E-state index in [1.54, 1.807) is 0 Å². The van der Waals surface area contributed by atoms with Crippen molar-refractivity contribution in [2.45, 2.75) is 32.1 Å². The molecule has 1 aliphatic heterocycles. The van der Waals surface area contributed by atoms with Gasteiger partial charge in [-0.05, 0) is 85.2 Å². The van der Waals surface area contributed by atoms with E-state index in [-0.39, 0.29) is 0 Å². The molecule has 3 nitrogen and oxygen atoms in total. The molecule has 1 saturated carbocycles. The van der Waals surface area contributed by atoms with E-state index >= 15 is 0 Å². The van der Waals surface area contributed by atoms with Crippen LogP contribution >= 0.6 is 11.6 Å². The summed E-state index contributed by atoms with van der Waals surface area (Å²) in [5.41, 5.74) is 3.84. The van der Waals surface area contributed by atoms with Gasteiger partial charge in [0.1, 0.15) is 18.1 Å². The van der Waals surface area contributed by atoms with E-state index in [0.29, 0.717) is 0 Å². The van der Waals surface area contributed by atoms with Gasteiger partial charge >= 0.3 is 0 Å². The van der Waals surface area contributed by atoms with Gasteiger partial charge in [0.05, 0.1) is 0 Å². The van der Waals surface area contributed by atoms with Crippen LogP contribution in [0.5, 0.6) is 5.75 Å². The highest BCUT2D eigenvalue weighted by atomic mass is 35.5. The van der Waals surface area contributed by atoms with Crippen LogP contribution in [0.25, 0.3) is 11.1 Å². The number of hydrogen-bond acceptors (Lipinski definition) is 3. The number of ether oxygens (including phenoxy) is 1. The van der Waals surface area contributed by atoms with Gasteiger partial charge in [-0.3, -0.25) is 4.90 Å². The summed E-state index contributed by atoms with van der Waals surface area (Å²) in [6, 6.07) is 19.8. The smallest absolute Gasteiger partial charge is 0.119 e. The summed E-state index contributed by atoms with van der Waals surface area (Å²) in [6.07, 6.45) is 8.96. The van der Waals surface area contributed by atoms with Gasteiger partial charge in [0.15, 0.2) is 0 Å². The lowest BCUT2D eigenvalue weighted by molar-refractivity contribution is 0.0766. The average Bonchev–Trinajstić information content (AvgIpc) is 2.89. The third-order valence-corrected chi connectivity index (χ3v) is 7.43. The van der Waals surface area contributed by atoms with Gasteiger partial charge in [-0.25, -0.2) is 4.98 Å². The fourth-order valence-corrected chi connectivity index (χ4v) is 5.35. The maximum atomic E-state index is 6.01. The first-order chi connectivity index (χ1) is 16.7. The van der Waals surface area contributed by atoms with E-state index in [9.17, 15) is 0 Å². The van der Waals surface area contributed by atoms with Crippen LogP contribution in [0.3, 0.4) is 0 Å². The zero-order valence-corrected chi connectivity index (χ0v) is 20.3. The Labute approximate surface area is 208 Å². The number of aromatic nitrogens is 1. The summed E-state index contributed by atoms with van der Waals surface area (Å²) in [5, 5.41) is 0.731. The van der Waals surface area contributed by atoms with Crippen LogP contribution in [0, 0.1) is 23.7 Å². The van der Waals surface area contributed by atoms with Crippen molar-refractivity contribution in [3.8, 4) is 28.7 Å². The number of nitrogens with zero attached hydrogens (tertiary/aromatic N) is 2. The average molecular weight is 471 g/mol. The second-order valence-corrected chi connectivity index (χ2v) is 9.89. The minimum absolute atomic E-state index is 0.731. The first-order valence-electron chi connectivity index (χ1n) is 12.4. The van der Waals surface area contributed by atoms with Gasteiger partial charge < -0.3 is 4.74 Å². The quantitative estimate of drug-likeness (QED) is 0.388. The molecule has 2 fully saturated rings. The van der Waals surface area contributed by atoms with Crippen molar-refractivity contribution in [3.05, 3.63) is 83.1 Å². The fraction of sp³-hybridized carbons (Fsp3) is 0.367. The van der Waals surface area contributed by atoms with Crippen molar-refractivity contribution in [1.82, 2.24) is 9.88 Å². The molecule has 0 N–H and O–H groups in total. The van der Waals surface area contributed by atoms with Crippen LogP contribution in [0.4, 0.5) is 0 Å². The third kappa shape index (κ3) is 6.00. The van der Waals surface area contributed by atoms with Crippen molar-refractivity contribution in [2.75, 3.05) is 26.2 Å². The van der Waals surface area contributed by atoms with Gasteiger partial charge in [0.2, 0.25) is 0 Å². The van der Waals surface area contributed by atoms with Crippen molar-refractivity contribution in [2.24, 2.45) is 11.8 Å². The molecule has 0 spiro atoms. The summed E-state index contributed by atoms with van der Waals surface area (Å²) in [6.45, 7) is 4.25. The van der Waals surface area contributed by atoms with Crippen molar-refractivity contribution >= 4 is 11.6 Å². The van der Waals surface area contributed by atoms with E-state index in [0.717, 1.165) is 58.1 Å². The number of likely N-dealkylation sites (tertiary alicyclic amines) is 1. The lowest BCUT2D eigenvalue weighted by Crippen LogP contribution is -2.43. The molecule has 2 atom stereocenters. The Morgan fingerprint density at radius 1 is 0.853 bits per heavy atom. The molecule has 2 unspecified atom stereocenters. The highest BCUT2D eigenvalue weighted by molar-refractivity contribution is 6.30. The molecular formula is C30H31ClN2O. The van der Waals surface area contributed by atoms with Crippen molar-refractivity contribution in [1.29, 1.82) is 0 Å². The topological polar surface area (TPSA) is 25.4 Å². The molecule has 3 aromatic rings. The summed E-state index contributed by atoms with van der Waals surface area (Å²) in [7, 11) is 0. The standard InChI is InChI=1S/C30H31ClN2O/c31-28-11-8-25(9-12-28)26-10-14-29(32-21-26)13-5-23-6-15-30(16-7-23)34-20-19-33-18-17-24-3-1-2-4-27(24)22-33/h6-12,14-16,21,24,27H,1-4,17-20,22H2. The summed E-state index contributed by atoms with van der Waals surface area (Å²) in [5.74, 6) is 9.15. The highest BCUT2D eigenvalue weighted by Crippen LogP contribution is 2.35. The molecule has 0 radical (unpaired) electrons. The van der Waals surface area contributed by atoms with Gasteiger partial charge in [-0.15, -0.1) is 0 Å². The number of benzene rings is 2. The molecule has 2 heterocycles. The molecule has 0 bridgehead atoms. The minimum Gasteiger partial charge on any atom is -0.492 e. The van der Waals surface area contributed by atoms with E-state index in [1.165, 1.54) is 45.2 Å². The molecule has 174 valence electrons. The van der Waals surface area contributed by atoms with E-state index < -0.39 is 0 Å². The molecule has 1 saturated heterocycles. The van der Waals surface area contributed by atoms with Gasteiger partial charge in [-0.1, -0.05) is 55.0 Å². The number of pyridine rings is 1. The van der Waals surface area contributed by atoms with E-state index in [2.05, 4.69) is 21.7 Å². The molecule has 1 aliphatic carbocycles. The molecule has 5 rings (SSSR count). The number of halogens is 1. The predicted octanol–water partition coefficient (Wildman–Crippen LogP) is 6.69. The molecule has 0 amide bonds. The molecule has 4 heteroatoms. The lowest BCUT2D eigenvalue weighted by Gasteiger charge is -2.41. The number of fused-ring (bicyclic) bond motifs is 1. The second kappa shape index (κ2) is 11.1. The highest BCUT2D eigenvalue weighted by Gasteiger charge is 2.30. The number of hydrogen-bond donors (Lipinski definition) is 0. The molecule has 34 heavy (non-hydrogen) atoms. The van der Waals surface area contributed by atoms with Crippen LogP contribution in [-0.4, -0.2) is 36.1 Å². The van der Waals surface area contributed by atoms with E-state index in [1.807, 2.05) is 66.9 Å². The Bertz CT molecular complexity index is 1130. The third-order valence-electron chi connectivity index (χ3n) is 7.18. The van der Waals surface area contributed by atoms with Gasteiger partial charge in [-0.2, -0.15) is 0 Å². The minimum atomic E-state index is 0.731. The monoisotopic (exact) mass is 470 g/mol. The maximum Gasteiger partial charge on any atom is 0.119 e. The SMILES string of the molecule is Clc1ccc(-c2ccc(C#Cc3ccc(OCCN4CCC5CCCCC5C4)cc3)nc2)cc1. The van der Waals surface area contributed by atoms with Crippen LogP contribution < -0.4 is 4.74 Å². The Morgan fingerprint density at radius 3 is 2.38 bits per heavy atom. The fourth-order valence-electron chi connectivity index (χ4n) is 5.22. The first kappa shape index (κ1) is 23.0. The zero-order chi connectivity index (χ0) is 23.2. The van der Waals surface area contributed by atoms with Crippen LogP contribution in [0.15, 0.2) is 66.9 Å². The van der Waals surface area contributed by atoms with Crippen molar-refractivity contribution < 1.29 is 4.74 Å². The summed E-state index contributed by atoms with van der Waals surface area (Å²) < 4.78 is 6.01. The Kier molecular flexibility index (Phi) is 7.49. The van der Waals surface area contributed by atoms with Crippen LogP contribution in [-0.2, 0) is 0 Å². The number of rotatable bonds is 5. The summed E-state index contributed by atoms with van der Waals surface area (Å²) >= 11 is 5.97. The molecule has 2 aromatic carbocycles. The Hall–Kier alpha value is -2.80. The molecule has 1 aromatic heterocycles. The normalized spacial score (nSPS) is 20.1. The Balaban J connectivity index is 1.10. The lowest BCUT2D eigenvalue weighted by atomic mass is 9.75. The van der Waals surface area contributed by atoms with E-state index in [4.69, 9.17) is 16.3 Å².